The van der Waals surface area contributed by atoms with E-state index in [-0.39, 0.29) is 17.4 Å². The molecule has 0 spiro atoms. The number of nitrogens with one attached hydrogen (secondary N) is 2. The Hall–Kier alpha value is -2.86. The van der Waals surface area contributed by atoms with Gasteiger partial charge in [-0.3, -0.25) is 4.79 Å². The maximum absolute atomic E-state index is 12.4. The summed E-state index contributed by atoms with van der Waals surface area (Å²) < 4.78 is 27.4. The van der Waals surface area contributed by atoms with Crippen LogP contribution in [0.1, 0.15) is 52.0 Å². The van der Waals surface area contributed by atoms with Crippen LogP contribution in [0.5, 0.6) is 0 Å². The van der Waals surface area contributed by atoms with E-state index in [4.69, 9.17) is 23.7 Å². The summed E-state index contributed by atoms with van der Waals surface area (Å²) in [4.78, 5) is 23.9. The minimum absolute atomic E-state index is 0.0225. The highest BCUT2D eigenvalue weighted by molar-refractivity contribution is 5.85. The number of carboxylic acids is 1. The average molecular weight is 963 g/mol. The largest absolute Gasteiger partial charge is 0.480 e. The molecule has 2 aliphatic carbocycles. The molecular formula is C44H70N2O21. The van der Waals surface area contributed by atoms with Gasteiger partial charge in [-0.2, -0.15) is 0 Å². The second kappa shape index (κ2) is 24.8. The first kappa shape index (κ1) is 55.1. The topological polar surface area (TPSA) is 388 Å². The van der Waals surface area contributed by atoms with Crippen molar-refractivity contribution in [2.24, 2.45) is 17.8 Å². The molecule has 0 aromatic heterocycles. The van der Waals surface area contributed by atoms with Gasteiger partial charge in [-0.1, -0.05) is 50.3 Å². The van der Waals surface area contributed by atoms with Crippen LogP contribution in [0.3, 0.4) is 0 Å². The maximum Gasteiger partial charge on any atom is 0.326 e. The number of carbonyl (C=O) groups is 2. The van der Waals surface area contributed by atoms with Crippen LogP contribution < -0.4 is 10.6 Å². The highest BCUT2D eigenvalue weighted by atomic mass is 16.7. The SMILES string of the molecule is CC(C)C1CCC(C(=O)N[C@H](Cc2ccccc2)C(=O)O)CC1.C[C@H]1O[C@H](O[C@H]2[C@H](O)[C@@H](O)[C@@H](O[C@H]3[C@H](O)[C@@H](O)[C@H](O)O[C@@H]3CO)O[C@@H]2CO)[C@H](O)[C@@H](O)[C@@H]1N[C@H]1C=C(CO)[C@@H](O)[C@H](O)[C@H]1O. The molecule has 6 rings (SSSR count). The summed E-state index contributed by atoms with van der Waals surface area (Å²) in [6.45, 7) is 3.70. The number of aliphatic hydroxyl groups excluding tert-OH is 13. The molecule has 23 nitrogen and oxygen atoms in total. The van der Waals surface area contributed by atoms with Gasteiger partial charge in [0.2, 0.25) is 5.91 Å². The van der Waals surface area contributed by atoms with Gasteiger partial charge in [0.25, 0.3) is 0 Å². The highest BCUT2D eigenvalue weighted by Crippen LogP contribution is 2.35. The number of ether oxygens (including phenoxy) is 5. The highest BCUT2D eigenvalue weighted by Gasteiger charge is 2.53. The van der Waals surface area contributed by atoms with Crippen LogP contribution in [0.4, 0.5) is 0 Å². The van der Waals surface area contributed by atoms with Crippen LogP contribution in [-0.4, -0.2) is 226 Å². The molecule has 3 saturated heterocycles. The second-order valence-electron chi connectivity index (χ2n) is 18.3. The Morgan fingerprint density at radius 1 is 0.701 bits per heavy atom. The molecule has 3 aliphatic heterocycles. The van der Waals surface area contributed by atoms with Crippen molar-refractivity contribution >= 4 is 11.9 Å². The quantitative estimate of drug-likeness (QED) is 0.0730. The number of amides is 1. The van der Waals surface area contributed by atoms with E-state index in [0.29, 0.717) is 18.3 Å². The lowest BCUT2D eigenvalue weighted by Crippen LogP contribution is -2.68. The number of hydrogen-bond donors (Lipinski definition) is 16. The van der Waals surface area contributed by atoms with E-state index in [0.717, 1.165) is 31.2 Å². The maximum atomic E-state index is 12.4. The monoisotopic (exact) mass is 962 g/mol. The average Bonchev–Trinajstić information content (AvgIpc) is 3.31. The Balaban J connectivity index is 0.000000306. The van der Waals surface area contributed by atoms with Crippen LogP contribution in [0.2, 0.25) is 0 Å². The molecule has 20 atom stereocenters. The summed E-state index contributed by atoms with van der Waals surface area (Å²) in [5, 5.41) is 148. The van der Waals surface area contributed by atoms with Crippen LogP contribution >= 0.6 is 0 Å². The van der Waals surface area contributed by atoms with Crippen molar-refractivity contribution in [3.05, 3.63) is 47.5 Å². The molecule has 1 aromatic rings. The van der Waals surface area contributed by atoms with E-state index in [1.165, 1.54) is 13.0 Å². The molecule has 0 bridgehead atoms. The molecule has 1 amide bonds. The molecule has 3 heterocycles. The third-order valence-electron chi connectivity index (χ3n) is 13.5. The fourth-order valence-corrected chi connectivity index (χ4v) is 9.20. The second-order valence-corrected chi connectivity index (χ2v) is 18.3. The van der Waals surface area contributed by atoms with E-state index in [2.05, 4.69) is 24.5 Å². The van der Waals surface area contributed by atoms with Gasteiger partial charge in [-0.05, 0) is 55.6 Å². The molecule has 1 saturated carbocycles. The molecular weight excluding hydrogens is 892 g/mol. The van der Waals surface area contributed by atoms with Gasteiger partial charge in [-0.15, -0.1) is 0 Å². The fraction of sp³-hybridized carbons (Fsp3) is 0.773. The number of aliphatic carboxylic acids is 1. The fourth-order valence-electron chi connectivity index (χ4n) is 9.20. The summed E-state index contributed by atoms with van der Waals surface area (Å²) in [6.07, 6.45) is -22.4. The summed E-state index contributed by atoms with van der Waals surface area (Å²) >= 11 is 0. The van der Waals surface area contributed by atoms with Gasteiger partial charge in [0.05, 0.1) is 38.0 Å². The number of carboxylic acid groups (broad SMARTS) is 1. The first-order valence-corrected chi connectivity index (χ1v) is 22.7. The molecule has 23 heteroatoms. The van der Waals surface area contributed by atoms with Crippen molar-refractivity contribution in [3.8, 4) is 0 Å². The summed E-state index contributed by atoms with van der Waals surface area (Å²) in [5.74, 6) is 0.235. The van der Waals surface area contributed by atoms with Crippen molar-refractivity contribution in [3.63, 3.8) is 0 Å². The minimum Gasteiger partial charge on any atom is -0.480 e. The first-order chi connectivity index (χ1) is 31.7. The first-order valence-electron chi connectivity index (χ1n) is 22.7. The lowest BCUT2D eigenvalue weighted by Gasteiger charge is -2.48. The molecule has 4 fully saturated rings. The Labute approximate surface area is 387 Å². The van der Waals surface area contributed by atoms with Gasteiger partial charge in [0.15, 0.2) is 18.9 Å². The van der Waals surface area contributed by atoms with E-state index in [1.54, 1.807) is 0 Å². The van der Waals surface area contributed by atoms with Crippen molar-refractivity contribution in [1.82, 2.24) is 10.6 Å². The van der Waals surface area contributed by atoms with Crippen molar-refractivity contribution < 1.29 is 105 Å². The van der Waals surface area contributed by atoms with Gasteiger partial charge < -0.3 is 106 Å². The van der Waals surface area contributed by atoms with Crippen LogP contribution in [0.25, 0.3) is 0 Å². The number of carbonyl (C=O) groups excluding carboxylic acids is 1. The van der Waals surface area contributed by atoms with E-state index >= 15 is 0 Å². The van der Waals surface area contributed by atoms with E-state index in [1.807, 2.05) is 30.3 Å². The smallest absolute Gasteiger partial charge is 0.326 e. The summed E-state index contributed by atoms with van der Waals surface area (Å²) in [5.41, 5.74) is 0.943. The Kier molecular flexibility index (Phi) is 20.4. The Morgan fingerprint density at radius 2 is 1.25 bits per heavy atom. The van der Waals surface area contributed by atoms with Crippen LogP contribution in [-0.2, 0) is 39.7 Å². The zero-order valence-corrected chi connectivity index (χ0v) is 37.5. The standard InChI is InChI=1S/C25H43NO18.C19H27NO3/c1-6-11(26-8-2-7(3-27)12(30)15(33)13(8)31)14(32)19(37)24(40-6)43-22-10(5-29)42-25(20(38)17(22)35)44-21-9(4-28)41-23(39)18(36)16(21)34;1-13(2)15-8-10-16(11-9-15)18(21)20-17(19(22)23)12-14-6-4-3-5-7-14/h2,6,8-39H,3-5H2,1H3;3-7,13,15-17H,8-12H2,1-2H3,(H,20,21)(H,22,23)/t6-,8+,9-,10-,11-,12-,13+,14+,15+,16-,17-,18-,19-,20-,21-,22-,23-,24-,25-;15?,16?,17-/m11/s1. The normalized spacial score (nSPS) is 41.9. The molecule has 382 valence electrons. The third kappa shape index (κ3) is 13.3. The molecule has 0 radical (unpaired) electrons. The Morgan fingerprint density at radius 3 is 1.81 bits per heavy atom. The molecule has 5 aliphatic rings. The zero-order chi connectivity index (χ0) is 49.4. The number of benzene rings is 1. The number of aliphatic hydroxyl groups is 13. The van der Waals surface area contributed by atoms with Gasteiger partial charge >= 0.3 is 5.97 Å². The van der Waals surface area contributed by atoms with Gasteiger partial charge in [0, 0.05) is 12.3 Å². The molecule has 67 heavy (non-hydrogen) atoms. The lowest BCUT2D eigenvalue weighted by atomic mass is 9.76. The minimum atomic E-state index is -1.93. The van der Waals surface area contributed by atoms with E-state index in [9.17, 15) is 81.1 Å². The van der Waals surface area contributed by atoms with Gasteiger partial charge in [0.1, 0.15) is 85.4 Å². The number of rotatable bonds is 15. The summed E-state index contributed by atoms with van der Waals surface area (Å²) in [6, 6.07) is 6.40. The lowest BCUT2D eigenvalue weighted by molar-refractivity contribution is -0.373. The molecule has 16 N–H and O–H groups in total. The van der Waals surface area contributed by atoms with Crippen molar-refractivity contribution in [2.45, 2.75) is 175 Å². The predicted molar refractivity (Wildman–Crippen MR) is 228 cm³/mol. The third-order valence-corrected chi connectivity index (χ3v) is 13.5. The number of hydrogen-bond acceptors (Lipinski definition) is 21. The molecule has 0 unspecified atom stereocenters. The van der Waals surface area contributed by atoms with Gasteiger partial charge in [-0.25, -0.2) is 4.79 Å². The van der Waals surface area contributed by atoms with Crippen LogP contribution in [0.15, 0.2) is 42.0 Å². The van der Waals surface area contributed by atoms with E-state index < -0.39 is 148 Å². The van der Waals surface area contributed by atoms with Crippen molar-refractivity contribution in [2.75, 3.05) is 19.8 Å². The molecule has 1 aromatic carbocycles. The zero-order valence-electron chi connectivity index (χ0n) is 37.5. The predicted octanol–water partition coefficient (Wildman–Crippen LogP) is -5.30. The van der Waals surface area contributed by atoms with Crippen LogP contribution in [0, 0.1) is 17.8 Å². The van der Waals surface area contributed by atoms with Crippen molar-refractivity contribution in [1.29, 1.82) is 0 Å². The summed E-state index contributed by atoms with van der Waals surface area (Å²) in [7, 11) is 0. The Bertz CT molecular complexity index is 1720.